The van der Waals surface area contributed by atoms with Crippen LogP contribution in [0.2, 0.25) is 0 Å². The lowest BCUT2D eigenvalue weighted by Gasteiger charge is -2.50. The highest BCUT2D eigenvalue weighted by Gasteiger charge is 2.37. The molecule has 0 aliphatic carbocycles. The average Bonchev–Trinajstić information content (AvgIpc) is 2.67. The van der Waals surface area contributed by atoms with Gasteiger partial charge in [0.2, 0.25) is 0 Å². The predicted molar refractivity (Wildman–Crippen MR) is 119 cm³/mol. The second-order valence-electron chi connectivity index (χ2n) is 8.71. The third-order valence-corrected chi connectivity index (χ3v) is 5.52. The monoisotopic (exact) mass is 408 g/mol. The van der Waals surface area contributed by atoms with E-state index in [1.165, 1.54) is 35.5 Å². The number of carbonyl (C=O) groups is 1. The Hall–Kier alpha value is -3.22. The number of carbonyl (C=O) groups excluding carboxylic acids is 1. The number of nitro benzene ring substituents is 1. The van der Waals surface area contributed by atoms with Crippen LogP contribution in [0.3, 0.4) is 0 Å². The van der Waals surface area contributed by atoms with E-state index in [1.807, 2.05) is 6.07 Å². The van der Waals surface area contributed by atoms with Crippen LogP contribution in [0.15, 0.2) is 47.6 Å². The van der Waals surface area contributed by atoms with Gasteiger partial charge in [0, 0.05) is 35.0 Å². The third kappa shape index (κ3) is 4.35. The fourth-order valence-corrected chi connectivity index (χ4v) is 4.52. The van der Waals surface area contributed by atoms with Crippen molar-refractivity contribution in [1.29, 1.82) is 0 Å². The molecule has 0 radical (unpaired) electrons. The van der Waals surface area contributed by atoms with Crippen LogP contribution in [0, 0.1) is 10.1 Å². The number of hydrazone groups is 1. The summed E-state index contributed by atoms with van der Waals surface area (Å²) in [6.07, 6.45) is 2.66. The molecule has 7 heteroatoms. The predicted octanol–water partition coefficient (Wildman–Crippen LogP) is 4.86. The number of non-ortho nitro benzene ring substituents is 1. The molecule has 0 bridgehead atoms. The van der Waals surface area contributed by atoms with Crippen molar-refractivity contribution < 1.29 is 9.72 Å². The van der Waals surface area contributed by atoms with E-state index >= 15 is 0 Å². The molecule has 2 aromatic carbocycles. The number of fused-ring (bicyclic) bond motifs is 1. The van der Waals surface area contributed by atoms with Crippen LogP contribution in [0.5, 0.6) is 0 Å². The molecule has 1 heterocycles. The van der Waals surface area contributed by atoms with E-state index < -0.39 is 10.8 Å². The van der Waals surface area contributed by atoms with Gasteiger partial charge in [-0.3, -0.25) is 14.9 Å². The summed E-state index contributed by atoms with van der Waals surface area (Å²) in [6.45, 7) is 11.2. The van der Waals surface area contributed by atoms with Gasteiger partial charge in [-0.25, -0.2) is 5.43 Å². The van der Waals surface area contributed by atoms with Crippen LogP contribution in [-0.4, -0.2) is 28.6 Å². The minimum atomic E-state index is -0.532. The summed E-state index contributed by atoms with van der Waals surface area (Å²) < 4.78 is 0. The lowest BCUT2D eigenvalue weighted by atomic mass is 9.79. The molecule has 1 aliphatic rings. The molecule has 2 aromatic rings. The van der Waals surface area contributed by atoms with Crippen molar-refractivity contribution in [3.05, 3.63) is 69.3 Å². The maximum absolute atomic E-state index is 12.2. The molecule has 0 saturated heterocycles. The van der Waals surface area contributed by atoms with Crippen LogP contribution in [0.25, 0.3) is 0 Å². The zero-order chi connectivity index (χ0) is 22.1. The Morgan fingerprint density at radius 2 is 2.03 bits per heavy atom. The molecule has 0 saturated carbocycles. The summed E-state index contributed by atoms with van der Waals surface area (Å²) in [5.74, 6) is -0.0770. The third-order valence-electron chi connectivity index (χ3n) is 5.52. The van der Waals surface area contributed by atoms with Crippen LogP contribution >= 0.6 is 0 Å². The van der Waals surface area contributed by atoms with Gasteiger partial charge < -0.3 is 4.90 Å². The quantitative estimate of drug-likeness (QED) is 0.435. The first-order valence-electron chi connectivity index (χ1n) is 10.1. The molecule has 30 heavy (non-hydrogen) atoms. The normalized spacial score (nSPS) is 17.8. The molecule has 1 N–H and O–H groups in total. The summed E-state index contributed by atoms with van der Waals surface area (Å²) in [5.41, 5.74) is 6.00. The van der Waals surface area contributed by atoms with E-state index in [4.69, 9.17) is 0 Å². The Morgan fingerprint density at radius 1 is 1.30 bits per heavy atom. The van der Waals surface area contributed by atoms with E-state index in [1.54, 1.807) is 6.21 Å². The average molecular weight is 409 g/mol. The van der Waals surface area contributed by atoms with E-state index in [2.05, 4.69) is 62.2 Å². The number of nitrogens with zero attached hydrogens (tertiary/aromatic N) is 3. The number of amides is 1. The molecule has 1 unspecified atom stereocenters. The Balaban J connectivity index is 1.78. The van der Waals surface area contributed by atoms with Gasteiger partial charge in [0.05, 0.1) is 11.1 Å². The van der Waals surface area contributed by atoms with Gasteiger partial charge in [-0.1, -0.05) is 19.1 Å². The van der Waals surface area contributed by atoms with Crippen molar-refractivity contribution in [3.8, 4) is 0 Å². The number of benzene rings is 2. The van der Waals surface area contributed by atoms with Crippen molar-refractivity contribution in [3.63, 3.8) is 0 Å². The van der Waals surface area contributed by atoms with Gasteiger partial charge in [-0.2, -0.15) is 5.10 Å². The van der Waals surface area contributed by atoms with Crippen molar-refractivity contribution in [1.82, 2.24) is 5.43 Å². The number of hydrogen-bond donors (Lipinski definition) is 1. The summed E-state index contributed by atoms with van der Waals surface area (Å²) >= 11 is 0. The van der Waals surface area contributed by atoms with Gasteiger partial charge >= 0.3 is 0 Å². The highest BCUT2D eigenvalue weighted by Crippen LogP contribution is 2.44. The molecule has 0 aromatic heterocycles. The fraction of sp³-hybridized carbons (Fsp3) is 0.391. The van der Waals surface area contributed by atoms with Crippen molar-refractivity contribution >= 4 is 23.5 Å². The number of rotatable bonds is 5. The maximum atomic E-state index is 12.2. The highest BCUT2D eigenvalue weighted by molar-refractivity contribution is 5.95. The van der Waals surface area contributed by atoms with Gasteiger partial charge in [-0.15, -0.1) is 0 Å². The topological polar surface area (TPSA) is 87.8 Å². The Bertz CT molecular complexity index is 998. The largest absolute Gasteiger partial charge is 0.364 e. The lowest BCUT2D eigenvalue weighted by molar-refractivity contribution is -0.384. The molecular formula is C23H28N4O3. The second-order valence-corrected chi connectivity index (χ2v) is 8.71. The molecule has 0 fully saturated rings. The lowest BCUT2D eigenvalue weighted by Crippen LogP contribution is -2.51. The molecule has 3 rings (SSSR count). The zero-order valence-electron chi connectivity index (χ0n) is 18.0. The number of nitrogens with one attached hydrogen (secondary N) is 1. The van der Waals surface area contributed by atoms with Crippen LogP contribution < -0.4 is 10.3 Å². The van der Waals surface area contributed by atoms with Crippen molar-refractivity contribution in [2.24, 2.45) is 5.10 Å². The number of nitro groups is 1. The Labute approximate surface area is 176 Å². The van der Waals surface area contributed by atoms with Crippen molar-refractivity contribution in [2.45, 2.75) is 58.5 Å². The molecule has 0 spiro atoms. The van der Waals surface area contributed by atoms with E-state index in [9.17, 15) is 14.9 Å². The molecule has 1 amide bonds. The first kappa shape index (κ1) is 21.5. The number of anilines is 1. The van der Waals surface area contributed by atoms with E-state index in [0.29, 0.717) is 12.0 Å². The molecule has 1 aliphatic heterocycles. The number of hydrogen-bond acceptors (Lipinski definition) is 5. The van der Waals surface area contributed by atoms with Crippen LogP contribution in [0.1, 0.15) is 68.4 Å². The Morgan fingerprint density at radius 3 is 2.70 bits per heavy atom. The van der Waals surface area contributed by atoms with E-state index in [0.717, 1.165) is 12.0 Å². The molecule has 158 valence electrons. The zero-order valence-corrected chi connectivity index (χ0v) is 18.0. The summed E-state index contributed by atoms with van der Waals surface area (Å²) in [6, 6.07) is 12.2. The van der Waals surface area contributed by atoms with Gasteiger partial charge in [-0.05, 0) is 69.4 Å². The second kappa shape index (κ2) is 8.26. The molecular weight excluding hydrogens is 380 g/mol. The summed E-state index contributed by atoms with van der Waals surface area (Å²) in [4.78, 5) is 25.0. The molecule has 1 atom stereocenters. The van der Waals surface area contributed by atoms with Crippen LogP contribution in [0.4, 0.5) is 11.4 Å². The maximum Gasteiger partial charge on any atom is 0.271 e. The first-order chi connectivity index (χ1) is 14.1. The SMILES string of the molecule is CC1CC(C)(C)N(C(C)C)c2ccc(/C=N/NC(=O)c3cccc([N+](=O)[O-])c3)cc21. The molecule has 7 nitrogen and oxygen atoms in total. The van der Waals surface area contributed by atoms with Gasteiger partial charge in [0.1, 0.15) is 0 Å². The highest BCUT2D eigenvalue weighted by atomic mass is 16.6. The first-order valence-corrected chi connectivity index (χ1v) is 10.1. The summed E-state index contributed by atoms with van der Waals surface area (Å²) in [5, 5.41) is 14.9. The smallest absolute Gasteiger partial charge is 0.271 e. The standard InChI is InChI=1S/C23H28N4O3/c1-15(2)26-21-10-9-17(11-20(21)16(3)13-23(26,4)5)14-24-25-22(28)18-7-6-8-19(12-18)27(29)30/h6-12,14-16H,13H2,1-5H3,(H,25,28)/b24-14+. The summed E-state index contributed by atoms with van der Waals surface area (Å²) in [7, 11) is 0. The minimum absolute atomic E-state index is 0.0858. The van der Waals surface area contributed by atoms with Crippen LogP contribution in [-0.2, 0) is 0 Å². The van der Waals surface area contributed by atoms with Crippen molar-refractivity contribution in [2.75, 3.05) is 4.90 Å². The fourth-order valence-electron chi connectivity index (χ4n) is 4.52. The minimum Gasteiger partial charge on any atom is -0.364 e. The van der Waals surface area contributed by atoms with E-state index in [-0.39, 0.29) is 16.8 Å². The van der Waals surface area contributed by atoms with Gasteiger partial charge in [0.15, 0.2) is 0 Å². The van der Waals surface area contributed by atoms with Gasteiger partial charge in [0.25, 0.3) is 11.6 Å². The Kier molecular flexibility index (Phi) is 5.92.